The van der Waals surface area contributed by atoms with Crippen LogP contribution in [-0.4, -0.2) is 22.4 Å². The Bertz CT molecular complexity index is 113. The van der Waals surface area contributed by atoms with Gasteiger partial charge in [-0.1, -0.05) is 39.0 Å². The molecule has 2 heteroatoms. The fraction of sp³-hybridized carbons (Fsp3) is 1.00. The summed E-state index contributed by atoms with van der Waals surface area (Å²) in [5.41, 5.74) is 0. The molecule has 0 aliphatic rings. The lowest BCUT2D eigenvalue weighted by Gasteiger charge is -2.08. The SMILES string of the molecule is CCCC(O)CCCCCCC(C)O. The Kier molecular flexibility index (Phi) is 9.42. The van der Waals surface area contributed by atoms with Crippen molar-refractivity contribution in [2.75, 3.05) is 0 Å². The summed E-state index contributed by atoms with van der Waals surface area (Å²) in [6, 6.07) is 0. The second-order valence-electron chi connectivity index (χ2n) is 4.28. The average molecular weight is 202 g/mol. The molecule has 0 radical (unpaired) electrons. The molecule has 0 spiro atoms. The lowest BCUT2D eigenvalue weighted by atomic mass is 10.0. The normalized spacial score (nSPS) is 15.4. The summed E-state index contributed by atoms with van der Waals surface area (Å²) in [5, 5.41) is 18.5. The molecule has 0 bridgehead atoms. The summed E-state index contributed by atoms with van der Waals surface area (Å²) in [5.74, 6) is 0. The fourth-order valence-corrected chi connectivity index (χ4v) is 1.65. The zero-order chi connectivity index (χ0) is 10.8. The van der Waals surface area contributed by atoms with E-state index in [0.29, 0.717) is 0 Å². The van der Waals surface area contributed by atoms with Crippen molar-refractivity contribution < 1.29 is 10.2 Å². The van der Waals surface area contributed by atoms with E-state index in [0.717, 1.165) is 38.5 Å². The monoisotopic (exact) mass is 202 g/mol. The molecule has 0 aliphatic heterocycles. The third-order valence-electron chi connectivity index (χ3n) is 2.53. The number of aliphatic hydroxyl groups is 2. The Morgan fingerprint density at radius 3 is 1.93 bits per heavy atom. The Balaban J connectivity index is 3.05. The van der Waals surface area contributed by atoms with Crippen LogP contribution in [0, 0.1) is 0 Å². The predicted molar refractivity (Wildman–Crippen MR) is 60.3 cm³/mol. The average Bonchev–Trinajstić information content (AvgIpc) is 2.11. The van der Waals surface area contributed by atoms with E-state index in [4.69, 9.17) is 5.11 Å². The topological polar surface area (TPSA) is 40.5 Å². The molecule has 0 amide bonds. The molecular weight excluding hydrogens is 176 g/mol. The van der Waals surface area contributed by atoms with E-state index in [1.807, 2.05) is 6.92 Å². The molecule has 2 nitrogen and oxygen atoms in total. The van der Waals surface area contributed by atoms with Gasteiger partial charge in [0.25, 0.3) is 0 Å². The van der Waals surface area contributed by atoms with Crippen molar-refractivity contribution in [1.29, 1.82) is 0 Å². The van der Waals surface area contributed by atoms with Gasteiger partial charge in [-0.2, -0.15) is 0 Å². The largest absolute Gasteiger partial charge is 0.393 e. The van der Waals surface area contributed by atoms with Crippen molar-refractivity contribution in [2.24, 2.45) is 0 Å². The van der Waals surface area contributed by atoms with Gasteiger partial charge in [-0.05, 0) is 26.2 Å². The summed E-state index contributed by atoms with van der Waals surface area (Å²) >= 11 is 0. The molecule has 2 atom stereocenters. The highest BCUT2D eigenvalue weighted by molar-refractivity contribution is 4.55. The molecule has 2 N–H and O–H groups in total. The molecule has 0 saturated heterocycles. The zero-order valence-electron chi connectivity index (χ0n) is 9.71. The van der Waals surface area contributed by atoms with Gasteiger partial charge in [0.2, 0.25) is 0 Å². The van der Waals surface area contributed by atoms with Gasteiger partial charge in [0.15, 0.2) is 0 Å². The number of unbranched alkanes of at least 4 members (excludes halogenated alkanes) is 3. The van der Waals surface area contributed by atoms with Crippen LogP contribution in [-0.2, 0) is 0 Å². The van der Waals surface area contributed by atoms with E-state index in [-0.39, 0.29) is 12.2 Å². The van der Waals surface area contributed by atoms with Crippen LogP contribution in [0.4, 0.5) is 0 Å². The van der Waals surface area contributed by atoms with Gasteiger partial charge in [0.05, 0.1) is 12.2 Å². The van der Waals surface area contributed by atoms with E-state index in [1.54, 1.807) is 0 Å². The maximum Gasteiger partial charge on any atom is 0.0540 e. The Hall–Kier alpha value is -0.0800. The highest BCUT2D eigenvalue weighted by Crippen LogP contribution is 2.10. The van der Waals surface area contributed by atoms with Crippen LogP contribution in [0.5, 0.6) is 0 Å². The van der Waals surface area contributed by atoms with Crippen LogP contribution < -0.4 is 0 Å². The van der Waals surface area contributed by atoms with E-state index >= 15 is 0 Å². The molecule has 0 aliphatic carbocycles. The first-order valence-corrected chi connectivity index (χ1v) is 6.03. The summed E-state index contributed by atoms with van der Waals surface area (Å²) < 4.78 is 0. The van der Waals surface area contributed by atoms with Gasteiger partial charge < -0.3 is 10.2 Å². The van der Waals surface area contributed by atoms with Crippen LogP contribution in [0.15, 0.2) is 0 Å². The van der Waals surface area contributed by atoms with Gasteiger partial charge >= 0.3 is 0 Å². The highest BCUT2D eigenvalue weighted by atomic mass is 16.3. The number of hydrogen-bond acceptors (Lipinski definition) is 2. The summed E-state index contributed by atoms with van der Waals surface area (Å²) in [6.45, 7) is 3.94. The first-order chi connectivity index (χ1) is 6.66. The summed E-state index contributed by atoms with van der Waals surface area (Å²) in [7, 11) is 0. The standard InChI is InChI=1S/C12H26O2/c1-3-8-12(14)10-7-5-4-6-9-11(2)13/h11-14H,3-10H2,1-2H3. The van der Waals surface area contributed by atoms with Crippen molar-refractivity contribution in [3.63, 3.8) is 0 Å². The van der Waals surface area contributed by atoms with Gasteiger partial charge in [-0.15, -0.1) is 0 Å². The van der Waals surface area contributed by atoms with Gasteiger partial charge in [-0.3, -0.25) is 0 Å². The molecule has 0 heterocycles. The Labute approximate surface area is 88.3 Å². The second-order valence-corrected chi connectivity index (χ2v) is 4.28. The molecule has 86 valence electrons. The third kappa shape index (κ3) is 10.0. The quantitative estimate of drug-likeness (QED) is 0.564. The van der Waals surface area contributed by atoms with Crippen LogP contribution in [0.3, 0.4) is 0 Å². The molecule has 0 saturated carbocycles. The Morgan fingerprint density at radius 1 is 0.857 bits per heavy atom. The van der Waals surface area contributed by atoms with Crippen molar-refractivity contribution >= 4 is 0 Å². The minimum Gasteiger partial charge on any atom is -0.393 e. The zero-order valence-corrected chi connectivity index (χ0v) is 9.71. The van der Waals surface area contributed by atoms with Crippen molar-refractivity contribution in [3.05, 3.63) is 0 Å². The molecule has 0 rings (SSSR count). The lowest BCUT2D eigenvalue weighted by molar-refractivity contribution is 0.149. The summed E-state index contributed by atoms with van der Waals surface area (Å²) in [4.78, 5) is 0. The molecule has 0 aromatic carbocycles. The first-order valence-electron chi connectivity index (χ1n) is 6.03. The molecular formula is C12H26O2. The van der Waals surface area contributed by atoms with E-state index in [2.05, 4.69) is 6.92 Å². The minimum absolute atomic E-state index is 0.0863. The van der Waals surface area contributed by atoms with E-state index < -0.39 is 0 Å². The highest BCUT2D eigenvalue weighted by Gasteiger charge is 2.01. The number of aliphatic hydroxyl groups excluding tert-OH is 2. The van der Waals surface area contributed by atoms with E-state index in [9.17, 15) is 5.11 Å². The van der Waals surface area contributed by atoms with Crippen molar-refractivity contribution in [2.45, 2.75) is 77.4 Å². The van der Waals surface area contributed by atoms with Crippen molar-refractivity contribution in [3.8, 4) is 0 Å². The Morgan fingerprint density at radius 2 is 1.43 bits per heavy atom. The van der Waals surface area contributed by atoms with Gasteiger partial charge in [0, 0.05) is 0 Å². The first kappa shape index (κ1) is 13.9. The fourth-order valence-electron chi connectivity index (χ4n) is 1.65. The van der Waals surface area contributed by atoms with Gasteiger partial charge in [0.1, 0.15) is 0 Å². The van der Waals surface area contributed by atoms with Crippen LogP contribution >= 0.6 is 0 Å². The number of rotatable bonds is 9. The maximum absolute atomic E-state index is 9.45. The minimum atomic E-state index is -0.152. The smallest absolute Gasteiger partial charge is 0.0540 e. The van der Waals surface area contributed by atoms with Gasteiger partial charge in [-0.25, -0.2) is 0 Å². The summed E-state index contributed by atoms with van der Waals surface area (Å²) in [6.07, 6.45) is 8.24. The number of hydrogen-bond donors (Lipinski definition) is 2. The van der Waals surface area contributed by atoms with Crippen LogP contribution in [0.2, 0.25) is 0 Å². The van der Waals surface area contributed by atoms with E-state index in [1.165, 1.54) is 12.8 Å². The molecule has 14 heavy (non-hydrogen) atoms. The second kappa shape index (κ2) is 9.47. The third-order valence-corrected chi connectivity index (χ3v) is 2.53. The predicted octanol–water partition coefficient (Wildman–Crippen LogP) is 2.87. The maximum atomic E-state index is 9.45. The molecule has 2 unspecified atom stereocenters. The van der Waals surface area contributed by atoms with Crippen molar-refractivity contribution in [1.82, 2.24) is 0 Å². The lowest BCUT2D eigenvalue weighted by Crippen LogP contribution is -2.05. The van der Waals surface area contributed by atoms with Crippen LogP contribution in [0.25, 0.3) is 0 Å². The van der Waals surface area contributed by atoms with Crippen LogP contribution in [0.1, 0.15) is 65.2 Å². The molecule has 0 aromatic heterocycles. The molecule has 0 fully saturated rings. The molecule has 0 aromatic rings.